The third-order valence-electron chi connectivity index (χ3n) is 4.05. The molecule has 1 rings (SSSR count). The second-order valence-corrected chi connectivity index (χ2v) is 7.11. The highest BCUT2D eigenvalue weighted by atomic mass is 16.2. The van der Waals surface area contributed by atoms with Crippen molar-refractivity contribution >= 4 is 11.8 Å². The van der Waals surface area contributed by atoms with E-state index in [1.54, 1.807) is 0 Å². The maximum absolute atomic E-state index is 12.3. The SMILES string of the molecule is CC(C)C(C)C1CC(=O)N(CCC(C)(C)C)C1=O. The van der Waals surface area contributed by atoms with Crippen LogP contribution in [0.15, 0.2) is 0 Å². The Hall–Kier alpha value is -0.860. The van der Waals surface area contributed by atoms with Gasteiger partial charge >= 0.3 is 0 Å². The van der Waals surface area contributed by atoms with E-state index in [9.17, 15) is 9.59 Å². The van der Waals surface area contributed by atoms with Gasteiger partial charge < -0.3 is 0 Å². The summed E-state index contributed by atoms with van der Waals surface area (Å²) in [5, 5.41) is 0. The smallest absolute Gasteiger partial charge is 0.233 e. The van der Waals surface area contributed by atoms with Crippen LogP contribution in [0.25, 0.3) is 0 Å². The van der Waals surface area contributed by atoms with E-state index in [1.807, 2.05) is 0 Å². The Bertz CT molecular complexity index is 328. The summed E-state index contributed by atoms with van der Waals surface area (Å²) in [6.07, 6.45) is 1.27. The van der Waals surface area contributed by atoms with Gasteiger partial charge in [0.1, 0.15) is 0 Å². The molecule has 0 aromatic heterocycles. The molecular weight excluding hydrogens is 226 g/mol. The summed E-state index contributed by atoms with van der Waals surface area (Å²) in [6.45, 7) is 13.3. The normalized spacial score (nSPS) is 23.1. The number of amides is 2. The Morgan fingerprint density at radius 3 is 2.22 bits per heavy atom. The van der Waals surface area contributed by atoms with Gasteiger partial charge in [0.2, 0.25) is 11.8 Å². The molecule has 1 saturated heterocycles. The predicted octanol–water partition coefficient (Wildman–Crippen LogP) is 3.09. The number of carbonyl (C=O) groups is 2. The van der Waals surface area contributed by atoms with Crippen molar-refractivity contribution in [2.75, 3.05) is 6.54 Å². The summed E-state index contributed by atoms with van der Waals surface area (Å²) in [6, 6.07) is 0. The average molecular weight is 253 g/mol. The molecule has 0 bridgehead atoms. The second kappa shape index (κ2) is 5.41. The Labute approximate surface area is 111 Å². The molecule has 3 nitrogen and oxygen atoms in total. The monoisotopic (exact) mass is 253 g/mol. The van der Waals surface area contributed by atoms with Crippen molar-refractivity contribution in [1.29, 1.82) is 0 Å². The molecule has 0 aromatic carbocycles. The second-order valence-electron chi connectivity index (χ2n) is 7.11. The van der Waals surface area contributed by atoms with Crippen LogP contribution in [0.4, 0.5) is 0 Å². The van der Waals surface area contributed by atoms with Gasteiger partial charge in [-0.05, 0) is 23.7 Å². The van der Waals surface area contributed by atoms with E-state index in [4.69, 9.17) is 0 Å². The molecule has 2 unspecified atom stereocenters. The molecule has 0 spiro atoms. The van der Waals surface area contributed by atoms with Crippen LogP contribution >= 0.6 is 0 Å². The van der Waals surface area contributed by atoms with Crippen LogP contribution in [-0.4, -0.2) is 23.3 Å². The molecule has 0 saturated carbocycles. The highest BCUT2D eigenvalue weighted by molar-refractivity contribution is 6.03. The molecule has 1 aliphatic heterocycles. The zero-order valence-electron chi connectivity index (χ0n) is 12.6. The fourth-order valence-corrected chi connectivity index (χ4v) is 2.27. The van der Waals surface area contributed by atoms with Gasteiger partial charge in [0.15, 0.2) is 0 Å². The Kier molecular flexibility index (Phi) is 4.57. The first kappa shape index (κ1) is 15.2. The minimum absolute atomic E-state index is 0.0155. The van der Waals surface area contributed by atoms with Crippen LogP contribution < -0.4 is 0 Å². The molecule has 2 amide bonds. The molecule has 1 fully saturated rings. The molecule has 0 radical (unpaired) electrons. The Morgan fingerprint density at radius 2 is 1.78 bits per heavy atom. The van der Waals surface area contributed by atoms with E-state index in [2.05, 4.69) is 41.5 Å². The number of rotatable bonds is 4. The highest BCUT2D eigenvalue weighted by Gasteiger charge is 2.41. The van der Waals surface area contributed by atoms with Crippen molar-refractivity contribution < 1.29 is 9.59 Å². The first-order valence-electron chi connectivity index (χ1n) is 6.97. The van der Waals surface area contributed by atoms with Crippen molar-refractivity contribution in [3.8, 4) is 0 Å². The maximum Gasteiger partial charge on any atom is 0.233 e. The van der Waals surface area contributed by atoms with Gasteiger partial charge in [0, 0.05) is 13.0 Å². The first-order valence-corrected chi connectivity index (χ1v) is 6.97. The topological polar surface area (TPSA) is 37.4 Å². The van der Waals surface area contributed by atoms with Crippen molar-refractivity contribution in [3.05, 3.63) is 0 Å². The Morgan fingerprint density at radius 1 is 1.22 bits per heavy atom. The van der Waals surface area contributed by atoms with E-state index < -0.39 is 0 Å². The van der Waals surface area contributed by atoms with E-state index in [0.717, 1.165) is 6.42 Å². The van der Waals surface area contributed by atoms with E-state index in [1.165, 1.54) is 4.90 Å². The molecule has 1 heterocycles. The predicted molar refractivity (Wildman–Crippen MR) is 72.9 cm³/mol. The summed E-state index contributed by atoms with van der Waals surface area (Å²) >= 11 is 0. The van der Waals surface area contributed by atoms with Crippen molar-refractivity contribution in [1.82, 2.24) is 4.90 Å². The van der Waals surface area contributed by atoms with E-state index >= 15 is 0 Å². The molecule has 0 aromatic rings. The molecule has 3 heteroatoms. The highest BCUT2D eigenvalue weighted by Crippen LogP contribution is 2.32. The third kappa shape index (κ3) is 3.56. The minimum atomic E-state index is -0.0996. The quantitative estimate of drug-likeness (QED) is 0.722. The van der Waals surface area contributed by atoms with Gasteiger partial charge in [-0.3, -0.25) is 14.5 Å². The summed E-state index contributed by atoms with van der Waals surface area (Å²) in [5.41, 5.74) is 0.155. The van der Waals surface area contributed by atoms with Crippen molar-refractivity contribution in [2.24, 2.45) is 23.2 Å². The molecule has 1 aliphatic rings. The van der Waals surface area contributed by atoms with Crippen LogP contribution in [0.2, 0.25) is 0 Å². The van der Waals surface area contributed by atoms with Gasteiger partial charge in [0.25, 0.3) is 0 Å². The lowest BCUT2D eigenvalue weighted by Crippen LogP contribution is -2.35. The molecule has 18 heavy (non-hydrogen) atoms. The van der Waals surface area contributed by atoms with Crippen molar-refractivity contribution in [2.45, 2.75) is 54.4 Å². The third-order valence-corrected chi connectivity index (χ3v) is 4.05. The van der Waals surface area contributed by atoms with Crippen LogP contribution in [0, 0.1) is 23.2 Å². The van der Waals surface area contributed by atoms with E-state index in [0.29, 0.717) is 18.9 Å². The van der Waals surface area contributed by atoms with Crippen molar-refractivity contribution in [3.63, 3.8) is 0 Å². The standard InChI is InChI=1S/C15H27NO2/c1-10(2)11(3)12-9-13(17)16(14(12)18)8-7-15(4,5)6/h10-12H,7-9H2,1-6H3. The number of imide groups is 1. The summed E-state index contributed by atoms with van der Waals surface area (Å²) in [5.74, 6) is 0.681. The van der Waals surface area contributed by atoms with E-state index in [-0.39, 0.29) is 29.1 Å². The van der Waals surface area contributed by atoms with Crippen LogP contribution in [0.3, 0.4) is 0 Å². The largest absolute Gasteiger partial charge is 0.282 e. The number of carbonyl (C=O) groups excluding carboxylic acids is 2. The molecule has 0 N–H and O–H groups in total. The fourth-order valence-electron chi connectivity index (χ4n) is 2.27. The number of hydrogen-bond acceptors (Lipinski definition) is 2. The van der Waals surface area contributed by atoms with Gasteiger partial charge in [-0.1, -0.05) is 41.5 Å². The summed E-state index contributed by atoms with van der Waals surface area (Å²) in [7, 11) is 0. The average Bonchev–Trinajstić information content (AvgIpc) is 2.49. The lowest BCUT2D eigenvalue weighted by atomic mass is 9.84. The summed E-state index contributed by atoms with van der Waals surface area (Å²) in [4.78, 5) is 25.7. The number of hydrogen-bond donors (Lipinski definition) is 0. The molecule has 2 atom stereocenters. The Balaban J connectivity index is 2.67. The first-order chi connectivity index (χ1) is 8.13. The van der Waals surface area contributed by atoms with Crippen LogP contribution in [0.1, 0.15) is 54.4 Å². The van der Waals surface area contributed by atoms with Gasteiger partial charge in [-0.15, -0.1) is 0 Å². The summed E-state index contributed by atoms with van der Waals surface area (Å²) < 4.78 is 0. The van der Waals surface area contributed by atoms with Crippen LogP contribution in [-0.2, 0) is 9.59 Å². The fraction of sp³-hybridized carbons (Fsp3) is 0.867. The van der Waals surface area contributed by atoms with Crippen LogP contribution in [0.5, 0.6) is 0 Å². The number of likely N-dealkylation sites (tertiary alicyclic amines) is 1. The zero-order valence-corrected chi connectivity index (χ0v) is 12.6. The van der Waals surface area contributed by atoms with Gasteiger partial charge in [-0.2, -0.15) is 0 Å². The lowest BCUT2D eigenvalue weighted by Gasteiger charge is -2.24. The minimum Gasteiger partial charge on any atom is -0.282 e. The molecular formula is C15H27NO2. The van der Waals surface area contributed by atoms with Gasteiger partial charge in [-0.25, -0.2) is 0 Å². The maximum atomic E-state index is 12.3. The zero-order chi connectivity index (χ0) is 14.1. The lowest BCUT2D eigenvalue weighted by molar-refractivity contribution is -0.140. The molecule has 0 aliphatic carbocycles. The van der Waals surface area contributed by atoms with Gasteiger partial charge in [0.05, 0.1) is 5.92 Å². The number of nitrogens with zero attached hydrogens (tertiary/aromatic N) is 1. The molecule has 104 valence electrons.